The molecule has 0 spiro atoms. The lowest BCUT2D eigenvalue weighted by atomic mass is 10.1. The van der Waals surface area contributed by atoms with Gasteiger partial charge in [0.05, 0.1) is 13.2 Å². The molecule has 2 aliphatic rings. The second-order valence-corrected chi connectivity index (χ2v) is 7.98. The summed E-state index contributed by atoms with van der Waals surface area (Å²) >= 11 is 0. The predicted molar refractivity (Wildman–Crippen MR) is 122 cm³/mol. The number of hydrogen-bond acceptors (Lipinski definition) is 8. The minimum absolute atomic E-state index is 0.264. The Kier molecular flexibility index (Phi) is 5.81. The van der Waals surface area contributed by atoms with Gasteiger partial charge in [-0.25, -0.2) is 9.37 Å². The highest BCUT2D eigenvalue weighted by Gasteiger charge is 2.24. The van der Waals surface area contributed by atoms with Gasteiger partial charge in [0.1, 0.15) is 11.6 Å². The second-order valence-electron chi connectivity index (χ2n) is 7.98. The summed E-state index contributed by atoms with van der Waals surface area (Å²) < 4.78 is 19.2. The number of aromatic nitrogens is 4. The minimum atomic E-state index is -0.264. The molecule has 0 radical (unpaired) electrons. The van der Waals surface area contributed by atoms with E-state index in [1.165, 1.54) is 12.1 Å². The lowest BCUT2D eigenvalue weighted by molar-refractivity contribution is 0.122. The molecule has 0 bridgehead atoms. The van der Waals surface area contributed by atoms with Crippen molar-refractivity contribution in [2.45, 2.75) is 6.92 Å². The molecular weight excluding hydrogens is 409 g/mol. The van der Waals surface area contributed by atoms with E-state index in [0.29, 0.717) is 30.9 Å². The largest absolute Gasteiger partial charge is 0.378 e. The third kappa shape index (κ3) is 4.34. The first-order valence-electron chi connectivity index (χ1n) is 10.9. The molecule has 0 aliphatic carbocycles. The summed E-state index contributed by atoms with van der Waals surface area (Å²) in [6.07, 6.45) is 1.82. The molecule has 0 saturated carbocycles. The van der Waals surface area contributed by atoms with Gasteiger partial charge in [-0.15, -0.1) is 0 Å². The van der Waals surface area contributed by atoms with Crippen LogP contribution in [-0.2, 0) is 4.74 Å². The first-order chi connectivity index (χ1) is 15.7. The van der Waals surface area contributed by atoms with Crippen molar-refractivity contribution in [3.63, 3.8) is 0 Å². The summed E-state index contributed by atoms with van der Waals surface area (Å²) in [7, 11) is 0. The zero-order valence-corrected chi connectivity index (χ0v) is 18.1. The topological polar surface area (TPSA) is 70.5 Å². The van der Waals surface area contributed by atoms with Gasteiger partial charge in [0.2, 0.25) is 11.9 Å². The van der Waals surface area contributed by atoms with Gasteiger partial charge in [-0.1, -0.05) is 6.07 Å². The maximum atomic E-state index is 13.7. The zero-order chi connectivity index (χ0) is 21.9. The van der Waals surface area contributed by atoms with Gasteiger partial charge in [0.25, 0.3) is 0 Å². The smallest absolute Gasteiger partial charge is 0.230 e. The second kappa shape index (κ2) is 9.04. The fraction of sp³-hybridized carbons (Fsp3) is 0.391. The van der Waals surface area contributed by atoms with Crippen LogP contribution in [0.1, 0.15) is 5.56 Å². The number of rotatable bonds is 4. The number of pyridine rings is 1. The third-order valence-electron chi connectivity index (χ3n) is 5.87. The van der Waals surface area contributed by atoms with Crippen LogP contribution in [0.2, 0.25) is 0 Å². The molecule has 166 valence electrons. The standard InChI is InChI=1S/C23H26FN7O/c1-17-16-18(24)5-6-19(17)21-26-22(28-23(27-21)31-12-14-32-15-13-31)30-10-8-29(9-11-30)20-4-2-3-7-25-20/h2-7,16H,8-15H2,1H3. The van der Waals surface area contributed by atoms with Crippen LogP contribution in [0.25, 0.3) is 11.4 Å². The van der Waals surface area contributed by atoms with E-state index in [2.05, 4.69) is 19.7 Å². The molecule has 0 amide bonds. The van der Waals surface area contributed by atoms with Crippen molar-refractivity contribution in [1.29, 1.82) is 0 Å². The lowest BCUT2D eigenvalue weighted by Crippen LogP contribution is -2.47. The van der Waals surface area contributed by atoms with Crippen molar-refractivity contribution < 1.29 is 9.13 Å². The van der Waals surface area contributed by atoms with E-state index in [1.54, 1.807) is 6.07 Å². The molecule has 0 atom stereocenters. The van der Waals surface area contributed by atoms with Crippen LogP contribution in [0, 0.1) is 12.7 Å². The van der Waals surface area contributed by atoms with Gasteiger partial charge in [-0.2, -0.15) is 15.0 Å². The molecular formula is C23H26FN7O. The molecule has 2 aromatic heterocycles. The average Bonchev–Trinajstić information content (AvgIpc) is 2.85. The maximum absolute atomic E-state index is 13.7. The van der Waals surface area contributed by atoms with Crippen LogP contribution in [0.3, 0.4) is 0 Å². The summed E-state index contributed by atoms with van der Waals surface area (Å²) in [6, 6.07) is 10.7. The fourth-order valence-corrected chi connectivity index (χ4v) is 4.07. The third-order valence-corrected chi connectivity index (χ3v) is 5.87. The van der Waals surface area contributed by atoms with E-state index in [9.17, 15) is 4.39 Å². The van der Waals surface area contributed by atoms with Crippen molar-refractivity contribution in [3.05, 3.63) is 54.0 Å². The van der Waals surface area contributed by atoms with Crippen LogP contribution in [0.15, 0.2) is 42.6 Å². The molecule has 2 fully saturated rings. The molecule has 8 nitrogen and oxygen atoms in total. The molecule has 0 unspecified atom stereocenters. The minimum Gasteiger partial charge on any atom is -0.378 e. The summed E-state index contributed by atoms with van der Waals surface area (Å²) in [5.74, 6) is 2.59. The van der Waals surface area contributed by atoms with E-state index >= 15 is 0 Å². The van der Waals surface area contributed by atoms with Crippen LogP contribution < -0.4 is 14.7 Å². The van der Waals surface area contributed by atoms with Crippen LogP contribution >= 0.6 is 0 Å². The number of piperazine rings is 1. The van der Waals surface area contributed by atoms with Gasteiger partial charge in [0, 0.05) is 51.0 Å². The highest BCUT2D eigenvalue weighted by molar-refractivity contribution is 5.63. The van der Waals surface area contributed by atoms with Crippen LogP contribution in [0.5, 0.6) is 0 Å². The van der Waals surface area contributed by atoms with E-state index in [4.69, 9.17) is 19.7 Å². The molecule has 3 aromatic rings. The number of halogens is 1. The van der Waals surface area contributed by atoms with Gasteiger partial charge in [0.15, 0.2) is 5.82 Å². The molecule has 5 rings (SSSR count). The lowest BCUT2D eigenvalue weighted by Gasteiger charge is -2.36. The monoisotopic (exact) mass is 435 g/mol. The Balaban J connectivity index is 1.44. The van der Waals surface area contributed by atoms with Crippen molar-refractivity contribution in [3.8, 4) is 11.4 Å². The Labute approximate surface area is 186 Å². The van der Waals surface area contributed by atoms with E-state index < -0.39 is 0 Å². The maximum Gasteiger partial charge on any atom is 0.230 e. The zero-order valence-electron chi connectivity index (χ0n) is 18.1. The number of hydrogen-bond donors (Lipinski definition) is 0. The Morgan fingerprint density at radius 3 is 2.16 bits per heavy atom. The van der Waals surface area contributed by atoms with E-state index in [0.717, 1.165) is 56.2 Å². The van der Waals surface area contributed by atoms with E-state index in [-0.39, 0.29) is 5.82 Å². The number of benzene rings is 1. The summed E-state index contributed by atoms with van der Waals surface area (Å²) in [5, 5.41) is 0. The average molecular weight is 436 g/mol. The van der Waals surface area contributed by atoms with E-state index in [1.807, 2.05) is 31.3 Å². The molecule has 9 heteroatoms. The molecule has 0 N–H and O–H groups in total. The first-order valence-corrected chi connectivity index (χ1v) is 10.9. The molecule has 1 aromatic carbocycles. The SMILES string of the molecule is Cc1cc(F)ccc1-c1nc(N2CCOCC2)nc(N2CCN(c3ccccn3)CC2)n1. The Bertz CT molecular complexity index is 1070. The highest BCUT2D eigenvalue weighted by Crippen LogP contribution is 2.26. The molecule has 32 heavy (non-hydrogen) atoms. The van der Waals surface area contributed by atoms with Crippen molar-refractivity contribution in [2.24, 2.45) is 0 Å². The fourth-order valence-electron chi connectivity index (χ4n) is 4.07. The highest BCUT2D eigenvalue weighted by atomic mass is 19.1. The van der Waals surface area contributed by atoms with Crippen LogP contribution in [0.4, 0.5) is 22.1 Å². The van der Waals surface area contributed by atoms with Gasteiger partial charge in [-0.3, -0.25) is 0 Å². The molecule has 2 saturated heterocycles. The van der Waals surface area contributed by atoms with Crippen molar-refractivity contribution in [1.82, 2.24) is 19.9 Å². The van der Waals surface area contributed by atoms with Gasteiger partial charge in [-0.05, 0) is 42.8 Å². The summed E-state index contributed by atoms with van der Waals surface area (Å²) in [4.78, 5) is 25.4. The quantitative estimate of drug-likeness (QED) is 0.619. The van der Waals surface area contributed by atoms with Gasteiger partial charge < -0.3 is 19.4 Å². The number of ether oxygens (including phenoxy) is 1. The normalized spacial score (nSPS) is 17.0. The Morgan fingerprint density at radius 1 is 0.812 bits per heavy atom. The Morgan fingerprint density at radius 2 is 1.50 bits per heavy atom. The number of anilines is 3. The number of nitrogens with zero attached hydrogens (tertiary/aromatic N) is 7. The van der Waals surface area contributed by atoms with Crippen molar-refractivity contribution >= 4 is 17.7 Å². The number of aryl methyl sites for hydroxylation is 1. The van der Waals surface area contributed by atoms with Crippen molar-refractivity contribution in [2.75, 3.05) is 67.2 Å². The first kappa shape index (κ1) is 20.6. The Hall–Kier alpha value is -3.33. The molecule has 2 aliphatic heterocycles. The molecule has 4 heterocycles. The predicted octanol–water partition coefficient (Wildman–Crippen LogP) is 2.54. The summed E-state index contributed by atoms with van der Waals surface area (Å²) in [5.41, 5.74) is 1.62. The van der Waals surface area contributed by atoms with Crippen LogP contribution in [-0.4, -0.2) is 72.4 Å². The van der Waals surface area contributed by atoms with Gasteiger partial charge >= 0.3 is 0 Å². The summed E-state index contributed by atoms with van der Waals surface area (Å²) in [6.45, 7) is 7.87. The number of morpholine rings is 1.